The fraction of sp³-hybridized carbons (Fsp3) is 0.667. The largest absolute Gasteiger partial charge is 0.384 e. The van der Waals surface area contributed by atoms with Crippen LogP contribution in [0.3, 0.4) is 0 Å². The zero-order chi connectivity index (χ0) is 11.6. The standard InChI is InChI=1S/C12H20N4/c1-12(2)5-3-9(4-6-12)16-11-7-10(13)14-8-15-11/h7-9H,3-6H2,1-2H3,(H3,13,14,15,16). The van der Waals surface area contributed by atoms with Crippen LogP contribution in [-0.2, 0) is 0 Å². The Bertz CT molecular complexity index is 352. The summed E-state index contributed by atoms with van der Waals surface area (Å²) in [6.45, 7) is 4.68. The summed E-state index contributed by atoms with van der Waals surface area (Å²) >= 11 is 0. The van der Waals surface area contributed by atoms with Gasteiger partial charge in [-0.25, -0.2) is 9.97 Å². The van der Waals surface area contributed by atoms with E-state index in [0.717, 1.165) is 5.82 Å². The van der Waals surface area contributed by atoms with E-state index in [9.17, 15) is 0 Å². The highest BCUT2D eigenvalue weighted by atomic mass is 15.0. The SMILES string of the molecule is CC1(C)CCC(Nc2cc(N)ncn2)CC1. The van der Waals surface area contributed by atoms with Crippen LogP contribution >= 0.6 is 0 Å². The molecule has 3 N–H and O–H groups in total. The summed E-state index contributed by atoms with van der Waals surface area (Å²) in [5.74, 6) is 1.37. The van der Waals surface area contributed by atoms with Crippen molar-refractivity contribution in [1.29, 1.82) is 0 Å². The molecule has 0 atom stereocenters. The Hall–Kier alpha value is -1.32. The molecule has 2 rings (SSSR count). The lowest BCUT2D eigenvalue weighted by atomic mass is 9.75. The normalized spacial score (nSPS) is 20.6. The predicted molar refractivity (Wildman–Crippen MR) is 66.1 cm³/mol. The second-order valence-corrected chi connectivity index (χ2v) is 5.41. The molecule has 1 aliphatic rings. The molecule has 88 valence electrons. The number of nitrogens with one attached hydrogen (secondary N) is 1. The second kappa shape index (κ2) is 4.28. The third-order valence-electron chi connectivity index (χ3n) is 3.38. The van der Waals surface area contributed by atoms with E-state index >= 15 is 0 Å². The molecule has 0 aliphatic heterocycles. The van der Waals surface area contributed by atoms with E-state index < -0.39 is 0 Å². The van der Waals surface area contributed by atoms with Crippen LogP contribution in [0.1, 0.15) is 39.5 Å². The van der Waals surface area contributed by atoms with E-state index in [4.69, 9.17) is 5.73 Å². The zero-order valence-electron chi connectivity index (χ0n) is 10.0. The van der Waals surface area contributed by atoms with Gasteiger partial charge in [-0.15, -0.1) is 0 Å². The van der Waals surface area contributed by atoms with Crippen LogP contribution in [0.15, 0.2) is 12.4 Å². The summed E-state index contributed by atoms with van der Waals surface area (Å²) < 4.78 is 0. The molecule has 0 spiro atoms. The Morgan fingerprint density at radius 1 is 1.31 bits per heavy atom. The van der Waals surface area contributed by atoms with Gasteiger partial charge in [0.2, 0.25) is 0 Å². The molecule has 1 aromatic heterocycles. The highest BCUT2D eigenvalue weighted by molar-refractivity contribution is 5.43. The minimum absolute atomic E-state index is 0.503. The van der Waals surface area contributed by atoms with Crippen molar-refractivity contribution in [2.75, 3.05) is 11.1 Å². The van der Waals surface area contributed by atoms with Crippen LogP contribution in [0.25, 0.3) is 0 Å². The maximum Gasteiger partial charge on any atom is 0.131 e. The number of hydrogen-bond acceptors (Lipinski definition) is 4. The Labute approximate surface area is 96.7 Å². The van der Waals surface area contributed by atoms with Gasteiger partial charge in [0.15, 0.2) is 0 Å². The lowest BCUT2D eigenvalue weighted by Crippen LogP contribution is -2.30. The molecule has 1 aromatic rings. The van der Waals surface area contributed by atoms with Crippen molar-refractivity contribution < 1.29 is 0 Å². The van der Waals surface area contributed by atoms with Gasteiger partial charge in [-0.1, -0.05) is 13.8 Å². The monoisotopic (exact) mass is 220 g/mol. The number of nitrogens with zero attached hydrogens (tertiary/aromatic N) is 2. The Kier molecular flexibility index (Phi) is 2.99. The quantitative estimate of drug-likeness (QED) is 0.803. The number of anilines is 2. The first-order valence-electron chi connectivity index (χ1n) is 5.89. The third kappa shape index (κ3) is 2.84. The topological polar surface area (TPSA) is 63.8 Å². The summed E-state index contributed by atoms with van der Waals surface area (Å²) in [7, 11) is 0. The van der Waals surface area contributed by atoms with Crippen LogP contribution in [0.2, 0.25) is 0 Å². The summed E-state index contributed by atoms with van der Waals surface area (Å²) in [5.41, 5.74) is 6.12. The summed E-state index contributed by atoms with van der Waals surface area (Å²) in [4.78, 5) is 8.05. The van der Waals surface area contributed by atoms with Crippen molar-refractivity contribution in [3.63, 3.8) is 0 Å². The van der Waals surface area contributed by atoms with Crippen molar-refractivity contribution in [3.05, 3.63) is 12.4 Å². The number of rotatable bonds is 2. The Morgan fingerprint density at radius 3 is 2.62 bits per heavy atom. The van der Waals surface area contributed by atoms with Crippen LogP contribution in [0.4, 0.5) is 11.6 Å². The van der Waals surface area contributed by atoms with Gasteiger partial charge in [0.05, 0.1) is 0 Å². The molecule has 0 radical (unpaired) electrons. The predicted octanol–water partition coefficient (Wildman–Crippen LogP) is 2.44. The van der Waals surface area contributed by atoms with Crippen LogP contribution in [-0.4, -0.2) is 16.0 Å². The first kappa shape index (κ1) is 11.2. The highest BCUT2D eigenvalue weighted by Crippen LogP contribution is 2.35. The fourth-order valence-electron chi connectivity index (χ4n) is 2.20. The number of nitrogen functional groups attached to an aromatic ring is 1. The zero-order valence-corrected chi connectivity index (χ0v) is 10.0. The van der Waals surface area contributed by atoms with Gasteiger partial charge in [0, 0.05) is 12.1 Å². The van der Waals surface area contributed by atoms with E-state index in [1.54, 1.807) is 6.07 Å². The van der Waals surface area contributed by atoms with Gasteiger partial charge in [0.25, 0.3) is 0 Å². The van der Waals surface area contributed by atoms with Gasteiger partial charge in [-0.3, -0.25) is 0 Å². The van der Waals surface area contributed by atoms with E-state index in [1.165, 1.54) is 32.0 Å². The molecule has 0 amide bonds. The second-order valence-electron chi connectivity index (χ2n) is 5.41. The van der Waals surface area contributed by atoms with Gasteiger partial charge >= 0.3 is 0 Å². The first-order chi connectivity index (χ1) is 7.55. The van der Waals surface area contributed by atoms with Gasteiger partial charge < -0.3 is 11.1 Å². The van der Waals surface area contributed by atoms with Gasteiger partial charge in [-0.2, -0.15) is 0 Å². The number of nitrogens with two attached hydrogens (primary N) is 1. The van der Waals surface area contributed by atoms with Crippen molar-refractivity contribution in [2.24, 2.45) is 5.41 Å². The lowest BCUT2D eigenvalue weighted by Gasteiger charge is -2.34. The molecule has 1 saturated carbocycles. The number of hydrogen-bond donors (Lipinski definition) is 2. The Morgan fingerprint density at radius 2 is 2.00 bits per heavy atom. The maximum atomic E-state index is 5.62. The molecular weight excluding hydrogens is 200 g/mol. The molecule has 1 fully saturated rings. The van der Waals surface area contributed by atoms with E-state index in [1.807, 2.05) is 0 Å². The maximum absolute atomic E-state index is 5.62. The van der Waals surface area contributed by atoms with Crippen LogP contribution in [0, 0.1) is 5.41 Å². The van der Waals surface area contributed by atoms with Gasteiger partial charge in [-0.05, 0) is 31.1 Å². The average Bonchev–Trinajstić information content (AvgIpc) is 2.21. The minimum atomic E-state index is 0.503. The summed E-state index contributed by atoms with van der Waals surface area (Å²) in [5, 5.41) is 3.43. The molecule has 16 heavy (non-hydrogen) atoms. The molecule has 1 heterocycles. The molecule has 0 saturated heterocycles. The minimum Gasteiger partial charge on any atom is -0.384 e. The number of aromatic nitrogens is 2. The third-order valence-corrected chi connectivity index (χ3v) is 3.38. The van der Waals surface area contributed by atoms with Crippen molar-refractivity contribution >= 4 is 11.6 Å². The smallest absolute Gasteiger partial charge is 0.131 e. The molecule has 4 heteroatoms. The Balaban J connectivity index is 1.92. The fourth-order valence-corrected chi connectivity index (χ4v) is 2.20. The molecule has 4 nitrogen and oxygen atoms in total. The van der Waals surface area contributed by atoms with Crippen LogP contribution in [0.5, 0.6) is 0 Å². The molecule has 0 bridgehead atoms. The molecule has 1 aliphatic carbocycles. The van der Waals surface area contributed by atoms with Crippen molar-refractivity contribution in [3.8, 4) is 0 Å². The highest BCUT2D eigenvalue weighted by Gasteiger charge is 2.26. The molecular formula is C12H20N4. The van der Waals surface area contributed by atoms with Gasteiger partial charge in [0.1, 0.15) is 18.0 Å². The average molecular weight is 220 g/mol. The van der Waals surface area contributed by atoms with E-state index in [2.05, 4.69) is 29.1 Å². The first-order valence-corrected chi connectivity index (χ1v) is 5.89. The van der Waals surface area contributed by atoms with Crippen molar-refractivity contribution in [1.82, 2.24) is 9.97 Å². The van der Waals surface area contributed by atoms with Crippen LogP contribution < -0.4 is 11.1 Å². The summed E-state index contributed by atoms with van der Waals surface area (Å²) in [6, 6.07) is 2.32. The lowest BCUT2D eigenvalue weighted by molar-refractivity contribution is 0.232. The molecule has 0 aromatic carbocycles. The van der Waals surface area contributed by atoms with E-state index in [-0.39, 0.29) is 0 Å². The molecule has 0 unspecified atom stereocenters. The van der Waals surface area contributed by atoms with Crippen molar-refractivity contribution in [2.45, 2.75) is 45.6 Å². The summed E-state index contributed by atoms with van der Waals surface area (Å²) in [6.07, 6.45) is 6.45. The van der Waals surface area contributed by atoms with E-state index in [0.29, 0.717) is 17.3 Å².